The normalized spacial score (nSPS) is 9.80. The molecule has 50 heavy (non-hydrogen) atoms. The van der Waals surface area contributed by atoms with E-state index in [2.05, 4.69) is 30.7 Å². The molecule has 0 aromatic carbocycles. The molecular weight excluding hydrogens is 664 g/mol. The second-order valence-corrected chi connectivity index (χ2v) is 10.2. The summed E-state index contributed by atoms with van der Waals surface area (Å²) in [5.41, 5.74) is 0. The van der Waals surface area contributed by atoms with Gasteiger partial charge in [0.15, 0.2) is 17.3 Å². The Morgan fingerprint density at radius 1 is 0.480 bits per heavy atom. The van der Waals surface area contributed by atoms with E-state index in [9.17, 15) is 52.7 Å². The van der Waals surface area contributed by atoms with Crippen molar-refractivity contribution >= 4 is 64.7 Å². The Balaban J connectivity index is 0. The van der Waals surface area contributed by atoms with Crippen LogP contribution in [-0.4, -0.2) is 141 Å². The molecule has 0 spiro atoms. The van der Waals surface area contributed by atoms with Crippen LogP contribution >= 0.6 is 0 Å². The number of Topliss-reactive ketones (excluding diaryl/α,β-unsaturated/α-hetero) is 3. The van der Waals surface area contributed by atoms with Gasteiger partial charge in [-0.1, -0.05) is 13.8 Å². The average Bonchev–Trinajstić information content (AvgIpc) is 3.09. The Bertz CT molecular complexity index is 1220. The maximum atomic E-state index is 12.7. The third-order valence-electron chi connectivity index (χ3n) is 6.21. The summed E-state index contributed by atoms with van der Waals surface area (Å²) in [5.74, 6) is -7.07. The van der Waals surface area contributed by atoms with E-state index in [0.29, 0.717) is 6.54 Å². The molecular formula is C31H50N6O13. The van der Waals surface area contributed by atoms with Crippen molar-refractivity contribution in [3.05, 3.63) is 0 Å². The molecule has 0 aliphatic carbocycles. The van der Waals surface area contributed by atoms with E-state index in [0.717, 1.165) is 24.0 Å². The zero-order chi connectivity index (χ0) is 38.6. The fourth-order valence-electron chi connectivity index (χ4n) is 3.59. The summed E-state index contributed by atoms with van der Waals surface area (Å²) < 4.78 is 9.07. The van der Waals surface area contributed by atoms with Gasteiger partial charge < -0.3 is 40.5 Å². The van der Waals surface area contributed by atoms with E-state index in [1.165, 1.54) is 6.92 Å². The monoisotopic (exact) mass is 714 g/mol. The minimum absolute atomic E-state index is 0.0574. The van der Waals surface area contributed by atoms with E-state index in [1.807, 2.05) is 13.8 Å². The first kappa shape index (κ1) is 46.9. The van der Waals surface area contributed by atoms with Crippen molar-refractivity contribution in [2.75, 3.05) is 66.6 Å². The predicted molar refractivity (Wildman–Crippen MR) is 175 cm³/mol. The molecule has 0 bridgehead atoms. The fraction of sp³-hybridized carbons (Fsp3) is 0.645. The van der Waals surface area contributed by atoms with Crippen LogP contribution in [-0.2, 0) is 62.2 Å². The number of ether oxygens (including phenoxy) is 2. The molecule has 4 N–H and O–H groups in total. The maximum Gasteiger partial charge on any atom is 0.325 e. The summed E-state index contributed by atoms with van der Waals surface area (Å²) in [4.78, 5) is 134. The number of ketones is 3. The fourth-order valence-corrected chi connectivity index (χ4v) is 3.59. The maximum absolute atomic E-state index is 12.7. The van der Waals surface area contributed by atoms with E-state index in [4.69, 9.17) is 0 Å². The summed E-state index contributed by atoms with van der Waals surface area (Å²) in [6.45, 7) is 3.56. The second-order valence-electron chi connectivity index (χ2n) is 10.2. The van der Waals surface area contributed by atoms with Crippen molar-refractivity contribution in [3.63, 3.8) is 0 Å². The third kappa shape index (κ3) is 24.0. The van der Waals surface area contributed by atoms with Crippen LogP contribution in [0.2, 0.25) is 0 Å². The van der Waals surface area contributed by atoms with Gasteiger partial charge in [0.2, 0.25) is 35.4 Å². The van der Waals surface area contributed by atoms with Crippen LogP contribution in [0.5, 0.6) is 0 Å². The largest absolute Gasteiger partial charge is 0.468 e. The Hall–Kier alpha value is -5.23. The molecule has 0 radical (unpaired) electrons. The number of nitrogens with one attached hydrogen (secondary N) is 4. The smallest absolute Gasteiger partial charge is 0.325 e. The molecule has 282 valence electrons. The average molecular weight is 715 g/mol. The van der Waals surface area contributed by atoms with Crippen molar-refractivity contribution in [1.82, 2.24) is 31.1 Å². The lowest BCUT2D eigenvalue weighted by atomic mass is 10.2. The van der Waals surface area contributed by atoms with Gasteiger partial charge in [-0.25, -0.2) is 0 Å². The summed E-state index contributed by atoms with van der Waals surface area (Å²) in [7, 11) is 2.14. The zero-order valence-electron chi connectivity index (χ0n) is 29.6. The van der Waals surface area contributed by atoms with Gasteiger partial charge in [-0.3, -0.25) is 52.7 Å². The van der Waals surface area contributed by atoms with E-state index >= 15 is 0 Å². The summed E-state index contributed by atoms with van der Waals surface area (Å²) in [6, 6.07) is 0. The minimum atomic E-state index is -0.851. The molecule has 0 saturated carbocycles. The van der Waals surface area contributed by atoms with Crippen LogP contribution in [0.4, 0.5) is 0 Å². The molecule has 19 heteroatoms. The number of methoxy groups -OCH3 is 2. The van der Waals surface area contributed by atoms with Gasteiger partial charge >= 0.3 is 11.9 Å². The van der Waals surface area contributed by atoms with Gasteiger partial charge in [-0.15, -0.1) is 0 Å². The molecule has 0 aromatic rings. The Morgan fingerprint density at radius 2 is 0.840 bits per heavy atom. The van der Waals surface area contributed by atoms with Crippen molar-refractivity contribution < 1.29 is 62.2 Å². The molecule has 0 atom stereocenters. The predicted octanol–water partition coefficient (Wildman–Crippen LogP) is -2.43. The molecule has 19 nitrogen and oxygen atoms in total. The number of carbonyl (C=O) groups excluding carboxylic acids is 11. The number of nitrogens with zero attached hydrogens (tertiary/aromatic N) is 2. The molecule has 0 aliphatic rings. The van der Waals surface area contributed by atoms with Crippen molar-refractivity contribution in [1.29, 1.82) is 0 Å². The SMILES string of the molecule is CC.CCNC(=O)CCC(=O)CNC(=O)CN(CC(=O)OC)C(=O)CCC(=O)CNC(=O)CN(CC(=O)OC)C(=O)CCC(=O)CNC(C)=O. The molecule has 0 fully saturated rings. The lowest BCUT2D eigenvalue weighted by Gasteiger charge is -2.21. The quantitative estimate of drug-likeness (QED) is 0.0759. The number of rotatable bonds is 24. The minimum Gasteiger partial charge on any atom is -0.468 e. The van der Waals surface area contributed by atoms with Crippen LogP contribution < -0.4 is 21.3 Å². The van der Waals surface area contributed by atoms with Crippen LogP contribution in [0.1, 0.15) is 66.2 Å². The topological polar surface area (TPSA) is 261 Å². The Kier molecular flexibility index (Phi) is 26.0. The highest BCUT2D eigenvalue weighted by molar-refractivity contribution is 5.95. The van der Waals surface area contributed by atoms with Gasteiger partial charge in [-0.05, 0) is 6.92 Å². The number of amides is 6. The highest BCUT2D eigenvalue weighted by atomic mass is 16.5. The van der Waals surface area contributed by atoms with Gasteiger partial charge in [0.05, 0.1) is 33.9 Å². The van der Waals surface area contributed by atoms with Gasteiger partial charge in [0.1, 0.15) is 26.2 Å². The van der Waals surface area contributed by atoms with Crippen molar-refractivity contribution in [3.8, 4) is 0 Å². The molecule has 0 aromatic heterocycles. The standard InChI is InChI=1S/C29H44N6O13.C2H6/c1-5-30-23(40)9-6-20(37)13-32-24(41)15-35(18-29(46)48-4)27(44)11-8-22(39)14-33-25(42)16-34(17-28(45)47-3)26(43)10-7-21(38)12-31-19(2)36;1-2/h5-18H2,1-4H3,(H,30,40)(H,31,36)(H,32,41)(H,33,42);1-2H3. The highest BCUT2D eigenvalue weighted by Crippen LogP contribution is 2.03. The lowest BCUT2D eigenvalue weighted by Crippen LogP contribution is -2.45. The number of hydrogen-bond donors (Lipinski definition) is 4. The van der Waals surface area contributed by atoms with E-state index in [-0.39, 0.29) is 38.1 Å². The van der Waals surface area contributed by atoms with E-state index < -0.39 is 111 Å². The first-order chi connectivity index (χ1) is 23.6. The summed E-state index contributed by atoms with van der Waals surface area (Å²) in [5, 5.41) is 9.40. The van der Waals surface area contributed by atoms with Crippen molar-refractivity contribution in [2.45, 2.75) is 66.2 Å². The molecule has 6 amide bonds. The number of esters is 2. The van der Waals surface area contributed by atoms with Crippen molar-refractivity contribution in [2.24, 2.45) is 0 Å². The first-order valence-electron chi connectivity index (χ1n) is 15.9. The number of hydrogen-bond acceptors (Lipinski definition) is 13. The van der Waals surface area contributed by atoms with Crippen LogP contribution in [0.25, 0.3) is 0 Å². The summed E-state index contributed by atoms with van der Waals surface area (Å²) >= 11 is 0. The number of carbonyl (C=O) groups is 11. The molecule has 0 unspecified atom stereocenters. The lowest BCUT2D eigenvalue weighted by molar-refractivity contribution is -0.148. The van der Waals surface area contributed by atoms with Gasteiger partial charge in [0, 0.05) is 52.0 Å². The van der Waals surface area contributed by atoms with Gasteiger partial charge in [-0.2, -0.15) is 0 Å². The van der Waals surface area contributed by atoms with Crippen LogP contribution in [0.3, 0.4) is 0 Å². The molecule has 0 aliphatic heterocycles. The first-order valence-corrected chi connectivity index (χ1v) is 15.9. The summed E-state index contributed by atoms with van der Waals surface area (Å²) in [6.07, 6.45) is -1.66. The molecule has 0 rings (SSSR count). The van der Waals surface area contributed by atoms with Gasteiger partial charge in [0.25, 0.3) is 0 Å². The molecule has 0 heterocycles. The second kappa shape index (κ2) is 27.7. The van der Waals surface area contributed by atoms with E-state index in [1.54, 1.807) is 6.92 Å². The van der Waals surface area contributed by atoms with Crippen LogP contribution in [0, 0.1) is 0 Å². The highest BCUT2D eigenvalue weighted by Gasteiger charge is 2.24. The zero-order valence-corrected chi connectivity index (χ0v) is 29.6. The molecule has 0 saturated heterocycles. The van der Waals surface area contributed by atoms with Crippen LogP contribution in [0.15, 0.2) is 0 Å². The Labute approximate surface area is 290 Å². The Morgan fingerprint density at radius 3 is 1.18 bits per heavy atom. The third-order valence-corrected chi connectivity index (χ3v) is 6.21.